The highest BCUT2D eigenvalue weighted by molar-refractivity contribution is 6.03. The molecule has 1 aromatic carbocycles. The van der Waals surface area contributed by atoms with E-state index in [0.29, 0.717) is 22.9 Å². The second kappa shape index (κ2) is 6.61. The molecule has 0 saturated carbocycles. The number of hydrogen-bond acceptors (Lipinski definition) is 5. The smallest absolute Gasteiger partial charge is 0.258 e. The van der Waals surface area contributed by atoms with Gasteiger partial charge in [-0.25, -0.2) is 4.39 Å². The zero-order valence-corrected chi connectivity index (χ0v) is 11.9. The summed E-state index contributed by atoms with van der Waals surface area (Å²) in [6, 6.07) is 12.5. The van der Waals surface area contributed by atoms with Gasteiger partial charge in [-0.2, -0.15) is 0 Å². The fraction of sp³-hybridized carbons (Fsp3) is 0. The standard InChI is InChI=1S/C16H12FN5O/c17-12-3-5-13(6-4-12)19-14-7-8-15(22-21-14)20-16(23)11-2-1-9-18-10-11/h1-10H,(H,19,21)(H,20,22,23). The van der Waals surface area contributed by atoms with Gasteiger partial charge in [-0.05, 0) is 48.5 Å². The summed E-state index contributed by atoms with van der Waals surface area (Å²) in [7, 11) is 0. The van der Waals surface area contributed by atoms with Crippen LogP contribution in [0.15, 0.2) is 60.9 Å². The van der Waals surface area contributed by atoms with Crippen molar-refractivity contribution in [1.29, 1.82) is 0 Å². The lowest BCUT2D eigenvalue weighted by Crippen LogP contribution is -2.13. The van der Waals surface area contributed by atoms with Crippen LogP contribution in [0.25, 0.3) is 0 Å². The van der Waals surface area contributed by atoms with E-state index >= 15 is 0 Å². The first-order valence-electron chi connectivity index (χ1n) is 6.78. The van der Waals surface area contributed by atoms with E-state index in [0.717, 1.165) is 0 Å². The molecule has 1 amide bonds. The van der Waals surface area contributed by atoms with E-state index in [4.69, 9.17) is 0 Å². The van der Waals surface area contributed by atoms with Crippen LogP contribution in [0.5, 0.6) is 0 Å². The molecular formula is C16H12FN5O. The molecule has 0 spiro atoms. The Kier molecular flexibility index (Phi) is 4.19. The molecule has 0 aliphatic carbocycles. The first-order valence-corrected chi connectivity index (χ1v) is 6.78. The lowest BCUT2D eigenvalue weighted by molar-refractivity contribution is 0.102. The Balaban J connectivity index is 1.65. The number of pyridine rings is 1. The molecule has 3 aromatic rings. The van der Waals surface area contributed by atoms with Gasteiger partial charge in [0.05, 0.1) is 5.56 Å². The second-order valence-corrected chi connectivity index (χ2v) is 4.63. The molecule has 7 heteroatoms. The Morgan fingerprint density at radius 1 is 0.957 bits per heavy atom. The minimum Gasteiger partial charge on any atom is -0.339 e. The fourth-order valence-electron chi connectivity index (χ4n) is 1.83. The third-order valence-electron chi connectivity index (χ3n) is 2.95. The first-order chi connectivity index (χ1) is 11.2. The predicted molar refractivity (Wildman–Crippen MR) is 83.9 cm³/mol. The van der Waals surface area contributed by atoms with E-state index in [2.05, 4.69) is 25.8 Å². The van der Waals surface area contributed by atoms with Crippen molar-refractivity contribution in [3.63, 3.8) is 0 Å². The van der Waals surface area contributed by atoms with Crippen LogP contribution < -0.4 is 10.6 Å². The number of carbonyl (C=O) groups excluding carboxylic acids is 1. The molecule has 2 N–H and O–H groups in total. The van der Waals surface area contributed by atoms with Crippen molar-refractivity contribution in [2.45, 2.75) is 0 Å². The number of anilines is 3. The lowest BCUT2D eigenvalue weighted by Gasteiger charge is -2.06. The van der Waals surface area contributed by atoms with E-state index in [1.807, 2.05) is 0 Å². The van der Waals surface area contributed by atoms with Gasteiger partial charge in [0.1, 0.15) is 5.82 Å². The zero-order chi connectivity index (χ0) is 16.1. The molecule has 0 aliphatic rings. The minimum atomic E-state index is -0.313. The summed E-state index contributed by atoms with van der Waals surface area (Å²) < 4.78 is 12.8. The monoisotopic (exact) mass is 309 g/mol. The van der Waals surface area contributed by atoms with Gasteiger partial charge in [0.15, 0.2) is 11.6 Å². The van der Waals surface area contributed by atoms with Crippen LogP contribution in [0.1, 0.15) is 10.4 Å². The SMILES string of the molecule is O=C(Nc1ccc(Nc2ccc(F)cc2)nn1)c1cccnc1. The molecule has 3 rings (SSSR count). The van der Waals surface area contributed by atoms with Gasteiger partial charge in [0.25, 0.3) is 5.91 Å². The highest BCUT2D eigenvalue weighted by Gasteiger charge is 2.07. The van der Waals surface area contributed by atoms with Gasteiger partial charge in [-0.3, -0.25) is 9.78 Å². The van der Waals surface area contributed by atoms with Crippen molar-refractivity contribution in [3.05, 3.63) is 72.3 Å². The van der Waals surface area contributed by atoms with Crippen LogP contribution in [0, 0.1) is 5.82 Å². The summed E-state index contributed by atoms with van der Waals surface area (Å²) >= 11 is 0. The van der Waals surface area contributed by atoms with Gasteiger partial charge in [-0.1, -0.05) is 0 Å². The summed E-state index contributed by atoms with van der Waals surface area (Å²) in [4.78, 5) is 15.8. The fourth-order valence-corrected chi connectivity index (χ4v) is 1.83. The van der Waals surface area contributed by atoms with E-state index in [-0.39, 0.29) is 11.7 Å². The van der Waals surface area contributed by atoms with Crippen LogP contribution in [-0.4, -0.2) is 21.1 Å². The Morgan fingerprint density at radius 2 is 1.70 bits per heavy atom. The molecule has 0 unspecified atom stereocenters. The predicted octanol–water partition coefficient (Wildman–Crippen LogP) is 3.01. The summed E-state index contributed by atoms with van der Waals surface area (Å²) in [5.41, 5.74) is 1.12. The first kappa shape index (κ1) is 14.6. The van der Waals surface area contributed by atoms with Crippen molar-refractivity contribution in [2.24, 2.45) is 0 Å². The summed E-state index contributed by atoms with van der Waals surface area (Å²) in [5.74, 6) is 0.182. The van der Waals surface area contributed by atoms with Crippen molar-refractivity contribution < 1.29 is 9.18 Å². The maximum Gasteiger partial charge on any atom is 0.258 e. The van der Waals surface area contributed by atoms with Gasteiger partial charge in [0.2, 0.25) is 0 Å². The van der Waals surface area contributed by atoms with E-state index in [1.165, 1.54) is 18.3 Å². The Hall–Kier alpha value is -3.35. The summed E-state index contributed by atoms with van der Waals surface area (Å²) in [6.07, 6.45) is 3.06. The lowest BCUT2D eigenvalue weighted by atomic mass is 10.3. The van der Waals surface area contributed by atoms with E-state index in [1.54, 1.807) is 42.6 Å². The number of nitrogens with one attached hydrogen (secondary N) is 2. The number of carbonyl (C=O) groups is 1. The number of aromatic nitrogens is 3. The second-order valence-electron chi connectivity index (χ2n) is 4.63. The molecule has 2 aromatic heterocycles. The zero-order valence-electron chi connectivity index (χ0n) is 11.9. The van der Waals surface area contributed by atoms with Crippen LogP contribution in [0.4, 0.5) is 21.7 Å². The molecule has 0 bridgehead atoms. The Labute approximate surface area is 131 Å². The number of nitrogens with zero attached hydrogens (tertiary/aromatic N) is 3. The third-order valence-corrected chi connectivity index (χ3v) is 2.95. The number of hydrogen-bond donors (Lipinski definition) is 2. The summed E-state index contributed by atoms with van der Waals surface area (Å²) in [5, 5.41) is 13.5. The molecule has 0 aliphatic heterocycles. The van der Waals surface area contributed by atoms with Gasteiger partial charge in [0, 0.05) is 18.1 Å². The van der Waals surface area contributed by atoms with E-state index in [9.17, 15) is 9.18 Å². The minimum absolute atomic E-state index is 0.310. The van der Waals surface area contributed by atoms with Gasteiger partial charge in [-0.15, -0.1) is 10.2 Å². The quantitative estimate of drug-likeness (QED) is 0.774. The molecule has 0 atom stereocenters. The van der Waals surface area contributed by atoms with Gasteiger partial charge < -0.3 is 10.6 Å². The molecular weight excluding hydrogens is 297 g/mol. The van der Waals surface area contributed by atoms with Crippen molar-refractivity contribution in [3.8, 4) is 0 Å². The van der Waals surface area contributed by atoms with E-state index < -0.39 is 0 Å². The molecule has 2 heterocycles. The van der Waals surface area contributed by atoms with Crippen LogP contribution in [0.3, 0.4) is 0 Å². The Morgan fingerprint density at radius 3 is 2.35 bits per heavy atom. The largest absolute Gasteiger partial charge is 0.339 e. The Bertz CT molecular complexity index is 791. The number of benzene rings is 1. The average Bonchev–Trinajstić information content (AvgIpc) is 2.59. The topological polar surface area (TPSA) is 79.8 Å². The highest BCUT2D eigenvalue weighted by Crippen LogP contribution is 2.15. The molecule has 0 saturated heterocycles. The third kappa shape index (κ3) is 3.85. The van der Waals surface area contributed by atoms with Crippen LogP contribution >= 0.6 is 0 Å². The number of halogens is 1. The summed E-state index contributed by atoms with van der Waals surface area (Å²) in [6.45, 7) is 0. The van der Waals surface area contributed by atoms with Crippen molar-refractivity contribution in [2.75, 3.05) is 10.6 Å². The van der Waals surface area contributed by atoms with Crippen molar-refractivity contribution >= 4 is 23.2 Å². The van der Waals surface area contributed by atoms with Gasteiger partial charge >= 0.3 is 0 Å². The normalized spacial score (nSPS) is 10.1. The van der Waals surface area contributed by atoms with Crippen LogP contribution in [0.2, 0.25) is 0 Å². The van der Waals surface area contributed by atoms with Crippen molar-refractivity contribution in [1.82, 2.24) is 15.2 Å². The highest BCUT2D eigenvalue weighted by atomic mass is 19.1. The molecule has 0 radical (unpaired) electrons. The number of rotatable bonds is 4. The molecule has 0 fully saturated rings. The average molecular weight is 309 g/mol. The maximum absolute atomic E-state index is 12.8. The molecule has 114 valence electrons. The molecule has 23 heavy (non-hydrogen) atoms. The number of amides is 1. The van der Waals surface area contributed by atoms with Crippen LogP contribution in [-0.2, 0) is 0 Å². The maximum atomic E-state index is 12.8. The molecule has 6 nitrogen and oxygen atoms in total.